The van der Waals surface area contributed by atoms with Gasteiger partial charge in [-0.25, -0.2) is 4.79 Å². The molecule has 0 aromatic carbocycles. The number of aliphatic carboxylic acids is 1. The Balaban J connectivity index is 1.05. The highest BCUT2D eigenvalue weighted by molar-refractivity contribution is 5.91. The summed E-state index contributed by atoms with van der Waals surface area (Å²) in [5.74, 6) is -2.01. The number of allylic oxidation sites excluding steroid dienone is 1. The van der Waals surface area contributed by atoms with Crippen LogP contribution in [0.25, 0.3) is 0 Å². The first kappa shape index (κ1) is 58.7. The third-order valence-electron chi connectivity index (χ3n) is 20.8. The molecule has 28 atom stereocenters. The molecule has 4 saturated carbocycles. The minimum absolute atomic E-state index is 0.0434. The largest absolute Gasteiger partial charge is 0.479 e. The van der Waals surface area contributed by atoms with Gasteiger partial charge in [0.1, 0.15) is 91.1 Å². The third kappa shape index (κ3) is 9.38. The minimum Gasteiger partial charge on any atom is -0.479 e. The normalized spacial score (nSPS) is 54.1. The molecule has 23 nitrogen and oxygen atoms in total. The van der Waals surface area contributed by atoms with E-state index in [1.54, 1.807) is 0 Å². The molecule has 8 fully saturated rings. The van der Waals surface area contributed by atoms with Gasteiger partial charge < -0.3 is 104 Å². The van der Waals surface area contributed by atoms with Crippen molar-refractivity contribution in [2.45, 2.75) is 248 Å². The molecule has 0 unspecified atom stereocenters. The molecule has 5 aliphatic carbocycles. The van der Waals surface area contributed by atoms with Crippen molar-refractivity contribution < 1.29 is 114 Å². The molecular formula is C53H84O23. The maximum Gasteiger partial charge on any atom is 0.335 e. The first-order chi connectivity index (χ1) is 35.4. The fourth-order valence-electron chi connectivity index (χ4n) is 16.0. The van der Waals surface area contributed by atoms with Gasteiger partial charge in [0.2, 0.25) is 0 Å². The number of aliphatic hydroxyl groups excluding tert-OH is 11. The Labute approximate surface area is 442 Å². The number of ether oxygens (including phenoxy) is 8. The molecule has 13 N–H and O–H groups in total. The predicted molar refractivity (Wildman–Crippen MR) is 258 cm³/mol. The second-order valence-corrected chi connectivity index (χ2v) is 25.9. The Morgan fingerprint density at radius 1 is 0.618 bits per heavy atom. The number of carbonyl (C=O) groups is 2. The molecule has 9 rings (SSSR count). The molecule has 23 heteroatoms. The van der Waals surface area contributed by atoms with Crippen LogP contribution < -0.4 is 0 Å². The van der Waals surface area contributed by atoms with Gasteiger partial charge in [-0.1, -0.05) is 60.1 Å². The van der Waals surface area contributed by atoms with Gasteiger partial charge in [-0.3, -0.25) is 4.79 Å². The van der Waals surface area contributed by atoms with Crippen molar-refractivity contribution in [2.75, 3.05) is 13.2 Å². The Morgan fingerprint density at radius 2 is 1.18 bits per heavy atom. The van der Waals surface area contributed by atoms with Crippen molar-refractivity contribution in [3.63, 3.8) is 0 Å². The fraction of sp³-hybridized carbons (Fsp3) is 0.925. The average Bonchev–Trinajstić information content (AvgIpc) is 3.54. The van der Waals surface area contributed by atoms with Crippen molar-refractivity contribution in [1.29, 1.82) is 0 Å². The van der Waals surface area contributed by atoms with Crippen molar-refractivity contribution in [3.05, 3.63) is 11.6 Å². The van der Waals surface area contributed by atoms with Crippen LogP contribution in [-0.2, 0) is 47.5 Å². The predicted octanol–water partition coefficient (Wildman–Crippen LogP) is -1.51. The highest BCUT2D eigenvalue weighted by atomic mass is 16.8. The van der Waals surface area contributed by atoms with Gasteiger partial charge in [0.05, 0.1) is 25.4 Å². The lowest BCUT2D eigenvalue weighted by molar-refractivity contribution is -0.406. The number of Topliss-reactive ketones (excluding diaryl/α,β-unsaturated/α-hetero) is 1. The van der Waals surface area contributed by atoms with Crippen LogP contribution in [0.1, 0.15) is 113 Å². The highest BCUT2D eigenvalue weighted by Crippen LogP contribution is 2.74. The number of carboxylic acids is 1. The van der Waals surface area contributed by atoms with E-state index < -0.39 is 165 Å². The highest BCUT2D eigenvalue weighted by Gasteiger charge is 2.71. The number of hydrogen-bond acceptors (Lipinski definition) is 22. The van der Waals surface area contributed by atoms with Crippen LogP contribution >= 0.6 is 0 Å². The molecule has 4 saturated heterocycles. The van der Waals surface area contributed by atoms with Crippen molar-refractivity contribution >= 4 is 11.8 Å². The number of aliphatic hydroxyl groups is 12. The van der Waals surface area contributed by atoms with E-state index in [-0.39, 0.29) is 46.2 Å². The first-order valence-electron chi connectivity index (χ1n) is 27.2. The molecule has 0 radical (unpaired) electrons. The van der Waals surface area contributed by atoms with E-state index in [4.69, 9.17) is 37.9 Å². The summed E-state index contributed by atoms with van der Waals surface area (Å²) in [5, 5.41) is 142. The van der Waals surface area contributed by atoms with E-state index in [2.05, 4.69) is 54.5 Å². The summed E-state index contributed by atoms with van der Waals surface area (Å²) in [7, 11) is 0. The maximum absolute atomic E-state index is 14.3. The van der Waals surface area contributed by atoms with Crippen molar-refractivity contribution in [3.8, 4) is 0 Å². The van der Waals surface area contributed by atoms with Crippen LogP contribution in [0, 0.1) is 44.8 Å². The zero-order chi connectivity index (χ0) is 55.7. The molecule has 0 aromatic heterocycles. The van der Waals surface area contributed by atoms with E-state index in [0.29, 0.717) is 32.1 Å². The standard InChI is InChI=1S/C53H84O23/c1-21-30(57)33(60)36(63)44(69-21)75-41-35(62)32(59)25(20-55)71-46(41)73-39-38(65)40(43(66)67)74-47(42(39)76-45-37(64)34(61)31(58)24(19-54)70-45)72-29-12-13-50(6)26(49(29,4)5)11-14-51(7)27(50)10-9-22-23-17-48(2,3)15-16-53(23,68)28(56)18-52(22,51)8/h9,21,23-27,29-42,44-47,54-55,57-65,68H,10-20H2,1-8H3,(H,66,67)/t21-,23-,24+,25+,26+,27-,29-,30-,31+,32-,33+,34-,35-,36+,37+,38-,39-,40-,41+,42+,44-,45-,46-,47+,50-,51+,52+,53+/m0/s1. The zero-order valence-electron chi connectivity index (χ0n) is 44.6. The quantitative estimate of drug-likeness (QED) is 0.0826. The summed E-state index contributed by atoms with van der Waals surface area (Å²) in [6.07, 6.45) is -30.4. The Kier molecular flexibility index (Phi) is 16.1. The van der Waals surface area contributed by atoms with E-state index in [1.807, 2.05) is 0 Å². The Bertz CT molecular complexity index is 2160. The molecule has 0 spiro atoms. The molecule has 434 valence electrons. The summed E-state index contributed by atoms with van der Waals surface area (Å²) < 4.78 is 48.9. The molecule has 76 heavy (non-hydrogen) atoms. The summed E-state index contributed by atoms with van der Waals surface area (Å²) in [6, 6.07) is 0. The van der Waals surface area contributed by atoms with Gasteiger partial charge in [0.15, 0.2) is 37.0 Å². The molecule has 9 aliphatic rings. The minimum atomic E-state index is -2.24. The average molecular weight is 1090 g/mol. The molecule has 0 aromatic rings. The smallest absolute Gasteiger partial charge is 0.335 e. The fourth-order valence-corrected chi connectivity index (χ4v) is 16.0. The number of ketones is 1. The van der Waals surface area contributed by atoms with Gasteiger partial charge in [0.25, 0.3) is 0 Å². The second-order valence-electron chi connectivity index (χ2n) is 25.9. The first-order valence-corrected chi connectivity index (χ1v) is 27.2. The lowest BCUT2D eigenvalue weighted by atomic mass is 9.34. The van der Waals surface area contributed by atoms with Crippen LogP contribution in [-0.4, -0.2) is 226 Å². The summed E-state index contributed by atoms with van der Waals surface area (Å²) in [4.78, 5) is 27.4. The van der Waals surface area contributed by atoms with Gasteiger partial charge in [-0.05, 0) is 91.8 Å². The lowest BCUT2D eigenvalue weighted by Crippen LogP contribution is -2.69. The Morgan fingerprint density at radius 3 is 1.82 bits per heavy atom. The van der Waals surface area contributed by atoms with Crippen LogP contribution in [0.4, 0.5) is 0 Å². The number of rotatable bonds is 11. The molecule has 4 heterocycles. The third-order valence-corrected chi connectivity index (χ3v) is 20.8. The summed E-state index contributed by atoms with van der Waals surface area (Å²) in [5.41, 5.74) is -2.16. The molecule has 0 amide bonds. The summed E-state index contributed by atoms with van der Waals surface area (Å²) >= 11 is 0. The molecule has 0 bridgehead atoms. The Hall–Kier alpha value is -1.92. The van der Waals surface area contributed by atoms with Gasteiger partial charge in [0, 0.05) is 17.8 Å². The van der Waals surface area contributed by atoms with E-state index in [1.165, 1.54) is 12.5 Å². The zero-order valence-corrected chi connectivity index (χ0v) is 44.6. The number of hydrogen-bond donors (Lipinski definition) is 13. The van der Waals surface area contributed by atoms with Crippen LogP contribution in [0.2, 0.25) is 0 Å². The van der Waals surface area contributed by atoms with Crippen LogP contribution in [0.5, 0.6) is 0 Å². The number of fused-ring (bicyclic) bond motifs is 7. The van der Waals surface area contributed by atoms with E-state index in [9.17, 15) is 76.0 Å². The van der Waals surface area contributed by atoms with Gasteiger partial charge in [-0.2, -0.15) is 0 Å². The SMILES string of the molecule is C[C@@H]1O[C@@H](O[C@H]2[C@H](O[C@H]3[C@H](O)[C@@H](C(=O)O)O[C@@H](O[C@H]4CC[C@@]5(C)[C@H](CC[C@]6(C)[C@H]5CC=C5[C@@H]7CC(C)(C)CC[C@]7(O)C(=O)C[C@]56C)C4(C)C)[C@@H]3O[C@@H]3O[C@H](CO)[C@@H](O)[C@H](O)[C@H]3O)O[C@H](CO)[C@H](O)[C@@H]2O)[C@H](O)[C@H](O)[C@H]1O. The number of carboxylic acid groups (broad SMARTS) is 1. The molecular weight excluding hydrogens is 1000 g/mol. The lowest BCUT2D eigenvalue weighted by Gasteiger charge is -2.71. The van der Waals surface area contributed by atoms with Gasteiger partial charge >= 0.3 is 5.97 Å². The van der Waals surface area contributed by atoms with Crippen LogP contribution in [0.15, 0.2) is 11.6 Å². The van der Waals surface area contributed by atoms with E-state index >= 15 is 0 Å². The van der Waals surface area contributed by atoms with Gasteiger partial charge in [-0.15, -0.1) is 0 Å². The van der Waals surface area contributed by atoms with Crippen LogP contribution in [0.3, 0.4) is 0 Å². The van der Waals surface area contributed by atoms with Crippen molar-refractivity contribution in [2.24, 2.45) is 44.8 Å². The molecule has 4 aliphatic heterocycles. The second kappa shape index (κ2) is 20.8. The number of carbonyl (C=O) groups excluding carboxylic acids is 1. The maximum atomic E-state index is 14.3. The van der Waals surface area contributed by atoms with Crippen molar-refractivity contribution in [1.82, 2.24) is 0 Å². The summed E-state index contributed by atoms with van der Waals surface area (Å²) in [6.45, 7) is 14.9. The topological polar surface area (TPSA) is 371 Å². The monoisotopic (exact) mass is 1090 g/mol. The van der Waals surface area contributed by atoms with E-state index in [0.717, 1.165) is 19.3 Å².